The Hall–Kier alpha value is -1.21. The molecule has 5 heteroatoms. The minimum atomic E-state index is 0.332. The van der Waals surface area contributed by atoms with Gasteiger partial charge in [0, 0.05) is 6.20 Å². The van der Waals surface area contributed by atoms with Crippen molar-refractivity contribution in [3.63, 3.8) is 0 Å². The van der Waals surface area contributed by atoms with E-state index in [4.69, 9.17) is 4.74 Å². The summed E-state index contributed by atoms with van der Waals surface area (Å²) in [5.41, 5.74) is 1.11. The maximum atomic E-state index is 10.7. The highest BCUT2D eigenvalue weighted by atomic mass is 127. The van der Waals surface area contributed by atoms with Crippen LogP contribution in [0.25, 0.3) is 0 Å². The second-order valence-corrected chi connectivity index (χ2v) is 4.58. The Balaban J connectivity index is 1.92. The molecule has 0 amide bonds. The number of rotatable bonds is 5. The summed E-state index contributed by atoms with van der Waals surface area (Å²) in [6.07, 6.45) is 2.52. The summed E-state index contributed by atoms with van der Waals surface area (Å²) in [6.45, 7) is 0.854. The molecule has 0 bridgehead atoms. The first-order valence-electron chi connectivity index (χ1n) is 5.09. The first-order valence-corrected chi connectivity index (χ1v) is 6.17. The molecular formula is C12H11IN2O2. The highest BCUT2D eigenvalue weighted by Gasteiger charge is 2.04. The molecular weight excluding hydrogens is 331 g/mol. The minimum Gasteiger partial charge on any atom is -0.356 e. The van der Waals surface area contributed by atoms with E-state index in [0.717, 1.165) is 15.6 Å². The van der Waals surface area contributed by atoms with Crippen LogP contribution in [0.1, 0.15) is 16.2 Å². The van der Waals surface area contributed by atoms with E-state index in [2.05, 4.69) is 27.6 Å². The number of aromatic nitrogens is 2. The Bertz CT molecular complexity index is 496. The van der Waals surface area contributed by atoms with Crippen LogP contribution in [0.3, 0.4) is 0 Å². The normalized spacial score (nSPS) is 10.4. The molecule has 17 heavy (non-hydrogen) atoms. The number of imidazole rings is 1. The molecule has 1 heterocycles. The minimum absolute atomic E-state index is 0.332. The van der Waals surface area contributed by atoms with Crippen LogP contribution in [0, 0.1) is 3.70 Å². The lowest BCUT2D eigenvalue weighted by Crippen LogP contribution is -2.05. The predicted octanol–water partition coefficient (Wildman–Crippen LogP) is 2.47. The molecule has 1 aromatic heterocycles. The Kier molecular flexibility index (Phi) is 4.27. The van der Waals surface area contributed by atoms with Crippen LogP contribution in [-0.2, 0) is 18.1 Å². The Morgan fingerprint density at radius 1 is 1.35 bits per heavy atom. The van der Waals surface area contributed by atoms with E-state index in [1.165, 1.54) is 0 Å². The van der Waals surface area contributed by atoms with Gasteiger partial charge in [-0.15, -0.1) is 0 Å². The van der Waals surface area contributed by atoms with Crippen LogP contribution in [0.4, 0.5) is 0 Å². The van der Waals surface area contributed by atoms with Crippen LogP contribution in [-0.4, -0.2) is 15.8 Å². The van der Waals surface area contributed by atoms with Crippen molar-refractivity contribution in [1.82, 2.24) is 9.55 Å². The fraction of sp³-hybridized carbons (Fsp3) is 0.167. The lowest BCUT2D eigenvalue weighted by atomic mass is 10.2. The molecule has 0 fully saturated rings. The first-order chi connectivity index (χ1) is 8.29. The van der Waals surface area contributed by atoms with Gasteiger partial charge in [-0.25, -0.2) is 4.98 Å². The molecule has 2 aromatic rings. The molecule has 4 nitrogen and oxygen atoms in total. The van der Waals surface area contributed by atoms with Gasteiger partial charge in [0.1, 0.15) is 10.4 Å². The third-order valence-corrected chi connectivity index (χ3v) is 2.75. The molecule has 0 radical (unpaired) electrons. The average molecular weight is 342 g/mol. The van der Waals surface area contributed by atoms with Crippen LogP contribution in [0.5, 0.6) is 0 Å². The Morgan fingerprint density at radius 2 is 2.12 bits per heavy atom. The van der Waals surface area contributed by atoms with Crippen molar-refractivity contribution in [3.05, 3.63) is 51.6 Å². The van der Waals surface area contributed by atoms with Crippen molar-refractivity contribution in [3.8, 4) is 0 Å². The zero-order valence-electron chi connectivity index (χ0n) is 9.04. The predicted molar refractivity (Wildman–Crippen MR) is 71.6 cm³/mol. The van der Waals surface area contributed by atoms with Crippen molar-refractivity contribution >= 4 is 28.9 Å². The molecule has 0 unspecified atom stereocenters. The molecule has 88 valence electrons. The maximum absolute atomic E-state index is 10.7. The fourth-order valence-electron chi connectivity index (χ4n) is 1.43. The van der Waals surface area contributed by atoms with E-state index >= 15 is 0 Å². The summed E-state index contributed by atoms with van der Waals surface area (Å²) in [5.74, 6) is 0.391. The van der Waals surface area contributed by atoms with E-state index in [1.807, 2.05) is 30.3 Å². The molecule has 2 rings (SSSR count). The van der Waals surface area contributed by atoms with Gasteiger partial charge in [-0.3, -0.25) is 4.79 Å². The summed E-state index contributed by atoms with van der Waals surface area (Å²) < 4.78 is 8.00. The van der Waals surface area contributed by atoms with Gasteiger partial charge < -0.3 is 9.30 Å². The zero-order valence-corrected chi connectivity index (χ0v) is 11.2. The second-order valence-electron chi connectivity index (χ2n) is 3.47. The number of carbonyl (C=O) groups excluding carboxylic acids is 1. The molecule has 0 aliphatic carbocycles. The van der Waals surface area contributed by atoms with E-state index in [9.17, 15) is 4.79 Å². The van der Waals surface area contributed by atoms with E-state index < -0.39 is 0 Å². The van der Waals surface area contributed by atoms with Crippen LogP contribution >= 0.6 is 22.6 Å². The van der Waals surface area contributed by atoms with Gasteiger partial charge in [0.05, 0.1) is 6.61 Å². The summed E-state index contributed by atoms with van der Waals surface area (Å²) in [6, 6.07) is 9.90. The molecule has 0 aliphatic heterocycles. The highest BCUT2D eigenvalue weighted by molar-refractivity contribution is 14.1. The summed E-state index contributed by atoms with van der Waals surface area (Å²) in [4.78, 5) is 14.8. The van der Waals surface area contributed by atoms with E-state index in [0.29, 0.717) is 19.2 Å². The SMILES string of the molecule is O=Cc1nc(I)cn1COCc1ccccc1. The average Bonchev–Trinajstić information content (AvgIpc) is 2.71. The standard InChI is InChI=1S/C12H11IN2O2/c13-11-6-15(12(7-16)14-11)9-17-8-10-4-2-1-3-5-10/h1-7H,8-9H2. The molecule has 0 aliphatic rings. The van der Waals surface area contributed by atoms with Gasteiger partial charge in [-0.05, 0) is 28.2 Å². The van der Waals surface area contributed by atoms with Gasteiger partial charge >= 0.3 is 0 Å². The van der Waals surface area contributed by atoms with Gasteiger partial charge in [0.25, 0.3) is 0 Å². The highest BCUT2D eigenvalue weighted by Crippen LogP contribution is 2.06. The van der Waals surface area contributed by atoms with Gasteiger partial charge in [0.15, 0.2) is 12.1 Å². The molecule has 1 aromatic carbocycles. The Morgan fingerprint density at radius 3 is 2.82 bits per heavy atom. The van der Waals surface area contributed by atoms with Crippen molar-refractivity contribution < 1.29 is 9.53 Å². The van der Waals surface area contributed by atoms with Crippen molar-refractivity contribution in [2.75, 3.05) is 0 Å². The van der Waals surface area contributed by atoms with Crippen LogP contribution in [0.2, 0.25) is 0 Å². The summed E-state index contributed by atoms with van der Waals surface area (Å²) >= 11 is 2.07. The smallest absolute Gasteiger partial charge is 0.185 e. The molecule has 0 atom stereocenters. The van der Waals surface area contributed by atoms with E-state index in [-0.39, 0.29) is 0 Å². The summed E-state index contributed by atoms with van der Waals surface area (Å²) in [7, 11) is 0. The van der Waals surface area contributed by atoms with Gasteiger partial charge in [-0.2, -0.15) is 0 Å². The lowest BCUT2D eigenvalue weighted by Gasteiger charge is -2.05. The quantitative estimate of drug-likeness (QED) is 0.619. The van der Waals surface area contributed by atoms with Crippen molar-refractivity contribution in [1.29, 1.82) is 0 Å². The van der Waals surface area contributed by atoms with Crippen LogP contribution < -0.4 is 0 Å². The molecule has 0 spiro atoms. The van der Waals surface area contributed by atoms with Crippen LogP contribution in [0.15, 0.2) is 36.5 Å². The largest absolute Gasteiger partial charge is 0.356 e. The Labute approximate surface area is 113 Å². The number of benzene rings is 1. The number of carbonyl (C=O) groups is 1. The molecule has 0 saturated heterocycles. The third-order valence-electron chi connectivity index (χ3n) is 2.23. The van der Waals surface area contributed by atoms with Gasteiger partial charge in [-0.1, -0.05) is 30.3 Å². The number of ether oxygens (including phenoxy) is 1. The van der Waals surface area contributed by atoms with E-state index in [1.54, 1.807) is 10.8 Å². The zero-order chi connectivity index (χ0) is 12.1. The topological polar surface area (TPSA) is 44.1 Å². The van der Waals surface area contributed by atoms with Gasteiger partial charge in [0.2, 0.25) is 0 Å². The molecule has 0 N–H and O–H groups in total. The monoisotopic (exact) mass is 342 g/mol. The maximum Gasteiger partial charge on any atom is 0.185 e. The van der Waals surface area contributed by atoms with Crippen molar-refractivity contribution in [2.45, 2.75) is 13.3 Å². The number of aldehydes is 1. The lowest BCUT2D eigenvalue weighted by molar-refractivity contribution is 0.0618. The number of hydrogen-bond donors (Lipinski definition) is 0. The summed E-state index contributed by atoms with van der Waals surface area (Å²) in [5, 5.41) is 0. The number of nitrogens with zero attached hydrogens (tertiary/aromatic N) is 2. The first kappa shape index (κ1) is 12.3. The second kappa shape index (κ2) is 5.92. The fourth-order valence-corrected chi connectivity index (χ4v) is 2.01. The third kappa shape index (κ3) is 3.37. The number of halogens is 1. The van der Waals surface area contributed by atoms with Crippen molar-refractivity contribution in [2.24, 2.45) is 0 Å². The molecule has 0 saturated carbocycles. The number of hydrogen-bond acceptors (Lipinski definition) is 3.